The predicted octanol–water partition coefficient (Wildman–Crippen LogP) is 3.85. The Balaban J connectivity index is 1.36. The molecule has 2 amide bonds. The molecule has 2 aliphatic heterocycles. The van der Waals surface area contributed by atoms with Gasteiger partial charge in [0.2, 0.25) is 0 Å². The molecule has 2 aliphatic rings. The summed E-state index contributed by atoms with van der Waals surface area (Å²) in [6.45, 7) is 8.86. The molecule has 2 aromatic rings. The van der Waals surface area contributed by atoms with Crippen LogP contribution in [0.4, 0.5) is 10.5 Å². The second-order valence-corrected chi connectivity index (χ2v) is 8.28. The van der Waals surface area contributed by atoms with Crippen LogP contribution in [0.1, 0.15) is 48.5 Å². The molecule has 6 heteroatoms. The summed E-state index contributed by atoms with van der Waals surface area (Å²) in [7, 11) is 0. The maximum absolute atomic E-state index is 12.7. The van der Waals surface area contributed by atoms with Gasteiger partial charge in [-0.1, -0.05) is 6.07 Å². The molecule has 1 aromatic heterocycles. The van der Waals surface area contributed by atoms with E-state index in [1.165, 1.54) is 11.1 Å². The number of nitrogens with one attached hydrogen (secondary N) is 1. The molecule has 0 bridgehead atoms. The Morgan fingerprint density at radius 2 is 1.74 bits per heavy atom. The van der Waals surface area contributed by atoms with Gasteiger partial charge >= 0.3 is 6.03 Å². The lowest BCUT2D eigenvalue weighted by atomic mass is 9.73. The second kappa shape index (κ2) is 6.98. The third kappa shape index (κ3) is 3.57. The van der Waals surface area contributed by atoms with Crippen molar-refractivity contribution in [3.05, 3.63) is 41.0 Å². The normalized spacial score (nSPS) is 18.9. The predicted molar refractivity (Wildman–Crippen MR) is 106 cm³/mol. The van der Waals surface area contributed by atoms with Gasteiger partial charge in [0.05, 0.1) is 0 Å². The third-order valence-electron chi connectivity index (χ3n) is 6.63. The van der Waals surface area contributed by atoms with E-state index < -0.39 is 0 Å². The quantitative estimate of drug-likeness (QED) is 0.833. The van der Waals surface area contributed by atoms with Crippen LogP contribution in [-0.2, 0) is 13.0 Å². The number of aryl methyl sites for hydroxylation is 4. The maximum atomic E-state index is 12.7. The number of anilines is 1. The van der Waals surface area contributed by atoms with Gasteiger partial charge in [0, 0.05) is 31.7 Å². The lowest BCUT2D eigenvalue weighted by Gasteiger charge is -2.41. The maximum Gasteiger partial charge on any atom is 0.321 e. The van der Waals surface area contributed by atoms with Crippen molar-refractivity contribution in [2.45, 2.75) is 59.4 Å². The summed E-state index contributed by atoms with van der Waals surface area (Å²) in [5.41, 5.74) is 3.66. The summed E-state index contributed by atoms with van der Waals surface area (Å²) in [6.07, 6.45) is 5.45. The lowest BCUT2D eigenvalue weighted by molar-refractivity contribution is 0.105. The van der Waals surface area contributed by atoms with Gasteiger partial charge in [-0.05, 0) is 75.1 Å². The van der Waals surface area contributed by atoms with Crippen LogP contribution in [0.15, 0.2) is 18.2 Å². The summed E-state index contributed by atoms with van der Waals surface area (Å²) in [4.78, 5) is 14.6. The number of amides is 2. The third-order valence-corrected chi connectivity index (χ3v) is 6.63. The Hall–Kier alpha value is -2.37. The molecule has 0 unspecified atom stereocenters. The zero-order chi connectivity index (χ0) is 19.0. The SMILES string of the molecule is Cc1ccc(NC(=O)N2CCC3(CCc4nnc(C)n4CC3)CC2)cc1C. The van der Waals surface area contributed by atoms with Gasteiger partial charge in [-0.3, -0.25) is 0 Å². The molecule has 6 nitrogen and oxygen atoms in total. The van der Waals surface area contributed by atoms with Crippen LogP contribution in [0, 0.1) is 26.2 Å². The Labute approximate surface area is 161 Å². The van der Waals surface area contributed by atoms with Crippen LogP contribution in [0.25, 0.3) is 0 Å². The number of piperidine rings is 1. The van der Waals surface area contributed by atoms with Crippen molar-refractivity contribution < 1.29 is 4.79 Å². The number of hydrogen-bond acceptors (Lipinski definition) is 3. The molecule has 27 heavy (non-hydrogen) atoms. The number of benzene rings is 1. The Bertz CT molecular complexity index is 848. The second-order valence-electron chi connectivity index (χ2n) is 8.28. The first-order valence-corrected chi connectivity index (χ1v) is 9.98. The molecule has 1 aromatic carbocycles. The molecule has 1 spiro atoms. The van der Waals surface area contributed by atoms with Gasteiger partial charge in [-0.15, -0.1) is 10.2 Å². The highest BCUT2D eigenvalue weighted by Crippen LogP contribution is 2.41. The van der Waals surface area contributed by atoms with E-state index in [-0.39, 0.29) is 6.03 Å². The minimum atomic E-state index is 0.0229. The molecular formula is C21H29N5O. The van der Waals surface area contributed by atoms with Gasteiger partial charge in [0.15, 0.2) is 0 Å². The molecule has 1 N–H and O–H groups in total. The van der Waals surface area contributed by atoms with Gasteiger partial charge < -0.3 is 14.8 Å². The summed E-state index contributed by atoms with van der Waals surface area (Å²) < 4.78 is 2.27. The molecule has 4 rings (SSSR count). The van der Waals surface area contributed by atoms with E-state index in [0.29, 0.717) is 5.41 Å². The first kappa shape index (κ1) is 18.0. The lowest BCUT2D eigenvalue weighted by Crippen LogP contribution is -2.45. The standard InChI is InChI=1S/C21H29N5O/c1-15-4-5-18(14-16(15)2)22-20(27)25-11-8-21(9-12-25)7-6-19-24-23-17(3)26(19)13-10-21/h4-5,14H,6-13H2,1-3H3,(H,22,27). The van der Waals surface area contributed by atoms with E-state index in [4.69, 9.17) is 0 Å². The summed E-state index contributed by atoms with van der Waals surface area (Å²) >= 11 is 0. The number of rotatable bonds is 1. The van der Waals surface area contributed by atoms with Crippen molar-refractivity contribution in [1.82, 2.24) is 19.7 Å². The minimum Gasteiger partial charge on any atom is -0.324 e. The first-order chi connectivity index (χ1) is 13.0. The number of likely N-dealkylation sites (tertiary alicyclic amines) is 1. The summed E-state index contributed by atoms with van der Waals surface area (Å²) in [5, 5.41) is 11.6. The van der Waals surface area contributed by atoms with Crippen LogP contribution >= 0.6 is 0 Å². The topological polar surface area (TPSA) is 63.1 Å². The average molecular weight is 367 g/mol. The first-order valence-electron chi connectivity index (χ1n) is 9.98. The van der Waals surface area contributed by atoms with Crippen molar-refractivity contribution in [3.8, 4) is 0 Å². The van der Waals surface area contributed by atoms with Crippen LogP contribution in [0.2, 0.25) is 0 Å². The number of urea groups is 1. The highest BCUT2D eigenvalue weighted by Gasteiger charge is 2.37. The number of hydrogen-bond donors (Lipinski definition) is 1. The van der Waals surface area contributed by atoms with E-state index in [2.05, 4.69) is 40.0 Å². The average Bonchev–Trinajstić information content (AvgIpc) is 2.91. The van der Waals surface area contributed by atoms with Crippen molar-refractivity contribution in [2.75, 3.05) is 18.4 Å². The van der Waals surface area contributed by atoms with Gasteiger partial charge in [0.1, 0.15) is 11.6 Å². The van der Waals surface area contributed by atoms with E-state index in [1.807, 2.05) is 24.0 Å². The van der Waals surface area contributed by atoms with Crippen LogP contribution in [0.5, 0.6) is 0 Å². The smallest absolute Gasteiger partial charge is 0.321 e. The van der Waals surface area contributed by atoms with Gasteiger partial charge in [0.25, 0.3) is 0 Å². The van der Waals surface area contributed by atoms with Crippen LogP contribution in [0.3, 0.4) is 0 Å². The van der Waals surface area contributed by atoms with Crippen LogP contribution in [-0.4, -0.2) is 38.8 Å². The number of fused-ring (bicyclic) bond motifs is 1. The Morgan fingerprint density at radius 3 is 2.48 bits per heavy atom. The van der Waals surface area contributed by atoms with Gasteiger partial charge in [-0.25, -0.2) is 4.79 Å². The fourth-order valence-corrected chi connectivity index (χ4v) is 4.46. The zero-order valence-corrected chi connectivity index (χ0v) is 16.6. The van der Waals surface area contributed by atoms with E-state index in [0.717, 1.165) is 69.1 Å². The molecule has 1 fully saturated rings. The van der Waals surface area contributed by atoms with Crippen LogP contribution < -0.4 is 5.32 Å². The highest BCUT2D eigenvalue weighted by atomic mass is 16.2. The molecule has 0 aliphatic carbocycles. The minimum absolute atomic E-state index is 0.0229. The monoisotopic (exact) mass is 367 g/mol. The summed E-state index contributed by atoms with van der Waals surface area (Å²) in [6, 6.07) is 6.10. The highest BCUT2D eigenvalue weighted by molar-refractivity contribution is 5.89. The van der Waals surface area contributed by atoms with E-state index in [1.54, 1.807) is 0 Å². The fourth-order valence-electron chi connectivity index (χ4n) is 4.46. The molecule has 3 heterocycles. The molecule has 144 valence electrons. The molecular weight excluding hydrogens is 338 g/mol. The van der Waals surface area contributed by atoms with Crippen molar-refractivity contribution >= 4 is 11.7 Å². The van der Waals surface area contributed by atoms with Crippen molar-refractivity contribution in [3.63, 3.8) is 0 Å². The Kier molecular flexibility index (Phi) is 4.66. The number of nitrogens with zero attached hydrogens (tertiary/aromatic N) is 4. The van der Waals surface area contributed by atoms with E-state index in [9.17, 15) is 4.79 Å². The molecule has 0 saturated carbocycles. The largest absolute Gasteiger partial charge is 0.324 e. The summed E-state index contributed by atoms with van der Waals surface area (Å²) in [5.74, 6) is 2.14. The molecule has 1 saturated heterocycles. The number of aromatic nitrogens is 3. The van der Waals surface area contributed by atoms with Crippen molar-refractivity contribution in [1.29, 1.82) is 0 Å². The zero-order valence-electron chi connectivity index (χ0n) is 16.6. The van der Waals surface area contributed by atoms with E-state index >= 15 is 0 Å². The number of carbonyl (C=O) groups is 1. The molecule has 0 atom stereocenters. The number of carbonyl (C=O) groups excluding carboxylic acids is 1. The Morgan fingerprint density at radius 1 is 1.00 bits per heavy atom. The van der Waals surface area contributed by atoms with Crippen molar-refractivity contribution in [2.24, 2.45) is 5.41 Å². The molecule has 0 radical (unpaired) electrons. The fraction of sp³-hybridized carbons (Fsp3) is 0.571. The van der Waals surface area contributed by atoms with Gasteiger partial charge in [-0.2, -0.15) is 0 Å².